The minimum absolute atomic E-state index is 0.0707. The topological polar surface area (TPSA) is 71.5 Å². The Labute approximate surface area is 134 Å². The van der Waals surface area contributed by atoms with Crippen molar-refractivity contribution in [1.82, 2.24) is 9.88 Å². The quantitative estimate of drug-likeness (QED) is 0.923. The molecule has 1 aromatic heterocycles. The molecule has 0 radical (unpaired) electrons. The Balaban J connectivity index is 1.92. The van der Waals surface area contributed by atoms with Crippen LogP contribution in [0.3, 0.4) is 0 Å². The Hall–Kier alpha value is -1.63. The number of amides is 2. The van der Waals surface area contributed by atoms with Gasteiger partial charge in [-0.05, 0) is 25.7 Å². The Morgan fingerprint density at radius 3 is 2.95 bits per heavy atom. The summed E-state index contributed by atoms with van der Waals surface area (Å²) in [6.07, 6.45) is 1.26. The number of piperidine rings is 1. The number of carbonyl (C=O) groups is 2. The van der Waals surface area contributed by atoms with E-state index in [0.717, 1.165) is 18.5 Å². The molecule has 2 amide bonds. The predicted molar refractivity (Wildman–Crippen MR) is 86.2 cm³/mol. The van der Waals surface area contributed by atoms with Gasteiger partial charge in [-0.1, -0.05) is 13.8 Å². The molecule has 0 bridgehead atoms. The van der Waals surface area contributed by atoms with Crippen molar-refractivity contribution in [2.75, 3.05) is 25.0 Å². The van der Waals surface area contributed by atoms with Gasteiger partial charge in [0.1, 0.15) is 0 Å². The number of aromatic nitrogens is 1. The molecule has 1 aliphatic heterocycles. The first-order valence-corrected chi connectivity index (χ1v) is 8.57. The summed E-state index contributed by atoms with van der Waals surface area (Å²) < 4.78 is 5.00. The number of nitrogens with one attached hydrogen (secondary N) is 1. The van der Waals surface area contributed by atoms with Crippen LogP contribution in [0, 0.1) is 5.92 Å². The van der Waals surface area contributed by atoms with E-state index in [1.54, 1.807) is 11.8 Å². The molecule has 0 aliphatic carbocycles. The van der Waals surface area contributed by atoms with E-state index < -0.39 is 0 Å². The Kier molecular flexibility index (Phi) is 5.76. The summed E-state index contributed by atoms with van der Waals surface area (Å²) in [6, 6.07) is 0. The zero-order chi connectivity index (χ0) is 16.1. The van der Waals surface area contributed by atoms with Gasteiger partial charge in [0, 0.05) is 18.5 Å². The number of rotatable bonds is 4. The highest BCUT2D eigenvalue weighted by Crippen LogP contribution is 2.24. The maximum atomic E-state index is 12.3. The van der Waals surface area contributed by atoms with E-state index in [4.69, 9.17) is 4.74 Å². The second-order valence-electron chi connectivity index (χ2n) is 5.71. The summed E-state index contributed by atoms with van der Waals surface area (Å²) in [5.41, 5.74) is 0.983. The number of likely N-dealkylation sites (tertiary alicyclic amines) is 1. The molecule has 1 N–H and O–H groups in total. The average molecular weight is 325 g/mol. The zero-order valence-corrected chi connectivity index (χ0v) is 14.1. The number of ether oxygens (including phenoxy) is 1. The van der Waals surface area contributed by atoms with E-state index in [9.17, 15) is 9.59 Å². The van der Waals surface area contributed by atoms with E-state index in [2.05, 4.69) is 24.1 Å². The third kappa shape index (κ3) is 4.19. The monoisotopic (exact) mass is 325 g/mol. The van der Waals surface area contributed by atoms with Crippen LogP contribution in [0.4, 0.5) is 9.93 Å². The van der Waals surface area contributed by atoms with Crippen LogP contribution in [0.25, 0.3) is 0 Å². The van der Waals surface area contributed by atoms with Gasteiger partial charge in [0.25, 0.3) is 0 Å². The molecule has 6 nitrogen and oxygen atoms in total. The molecule has 1 atom stereocenters. The molecule has 1 aromatic rings. The Bertz CT molecular complexity index is 530. The molecule has 2 heterocycles. The van der Waals surface area contributed by atoms with Gasteiger partial charge < -0.3 is 15.0 Å². The molecule has 0 aromatic carbocycles. The SMILES string of the molecule is CCOC(=O)N1CCC[C@@H](C(=O)Nc2nc(C(C)C)cs2)C1. The average Bonchev–Trinajstić information content (AvgIpc) is 2.96. The largest absolute Gasteiger partial charge is 0.450 e. The van der Waals surface area contributed by atoms with Crippen molar-refractivity contribution in [2.45, 2.75) is 39.5 Å². The fraction of sp³-hybridized carbons (Fsp3) is 0.667. The minimum atomic E-state index is -0.337. The number of anilines is 1. The number of nitrogens with zero attached hydrogens (tertiary/aromatic N) is 2. The Morgan fingerprint density at radius 1 is 1.55 bits per heavy atom. The van der Waals surface area contributed by atoms with E-state index in [0.29, 0.717) is 30.7 Å². The molecule has 0 spiro atoms. The van der Waals surface area contributed by atoms with Crippen LogP contribution in [0.1, 0.15) is 45.2 Å². The van der Waals surface area contributed by atoms with Gasteiger partial charge in [0.2, 0.25) is 5.91 Å². The van der Waals surface area contributed by atoms with Crippen LogP contribution in [0.15, 0.2) is 5.38 Å². The minimum Gasteiger partial charge on any atom is -0.450 e. The van der Waals surface area contributed by atoms with Crippen LogP contribution in [-0.4, -0.2) is 41.6 Å². The second kappa shape index (κ2) is 7.58. The van der Waals surface area contributed by atoms with E-state index in [-0.39, 0.29) is 17.9 Å². The second-order valence-corrected chi connectivity index (χ2v) is 6.56. The lowest BCUT2D eigenvalue weighted by Crippen LogP contribution is -2.44. The third-order valence-electron chi connectivity index (χ3n) is 3.66. The fourth-order valence-corrected chi connectivity index (χ4v) is 3.26. The van der Waals surface area contributed by atoms with Crippen molar-refractivity contribution in [1.29, 1.82) is 0 Å². The normalized spacial score (nSPS) is 18.4. The first-order valence-electron chi connectivity index (χ1n) is 7.69. The molecular weight excluding hydrogens is 302 g/mol. The van der Waals surface area contributed by atoms with Crippen LogP contribution >= 0.6 is 11.3 Å². The summed E-state index contributed by atoms with van der Waals surface area (Å²) in [6.45, 7) is 7.33. The molecule has 1 aliphatic rings. The lowest BCUT2D eigenvalue weighted by molar-refractivity contribution is -0.121. The summed E-state index contributed by atoms with van der Waals surface area (Å²) in [4.78, 5) is 30.1. The lowest BCUT2D eigenvalue weighted by Gasteiger charge is -2.30. The highest BCUT2D eigenvalue weighted by molar-refractivity contribution is 7.13. The van der Waals surface area contributed by atoms with Gasteiger partial charge in [-0.25, -0.2) is 9.78 Å². The van der Waals surface area contributed by atoms with Crippen molar-refractivity contribution in [3.05, 3.63) is 11.1 Å². The predicted octanol–water partition coefficient (Wildman–Crippen LogP) is 3.07. The molecule has 0 saturated carbocycles. The highest BCUT2D eigenvalue weighted by Gasteiger charge is 2.29. The van der Waals surface area contributed by atoms with Gasteiger partial charge in [-0.3, -0.25) is 4.79 Å². The first-order chi connectivity index (χ1) is 10.5. The maximum Gasteiger partial charge on any atom is 0.409 e. The standard InChI is InChI=1S/C15H23N3O3S/c1-4-21-15(20)18-7-5-6-11(8-18)13(19)17-14-16-12(9-22-14)10(2)3/h9-11H,4-8H2,1-3H3,(H,16,17,19)/t11-/m1/s1. The molecule has 122 valence electrons. The number of hydrogen-bond acceptors (Lipinski definition) is 5. The third-order valence-corrected chi connectivity index (χ3v) is 4.44. The summed E-state index contributed by atoms with van der Waals surface area (Å²) in [5, 5.41) is 5.46. The molecular formula is C15H23N3O3S. The lowest BCUT2D eigenvalue weighted by atomic mass is 9.97. The van der Waals surface area contributed by atoms with Crippen molar-refractivity contribution < 1.29 is 14.3 Å². The van der Waals surface area contributed by atoms with Gasteiger partial charge >= 0.3 is 6.09 Å². The van der Waals surface area contributed by atoms with E-state index in [1.165, 1.54) is 11.3 Å². The zero-order valence-electron chi connectivity index (χ0n) is 13.3. The van der Waals surface area contributed by atoms with Crippen molar-refractivity contribution in [2.24, 2.45) is 5.92 Å². The summed E-state index contributed by atoms with van der Waals surface area (Å²) >= 11 is 1.44. The van der Waals surface area contributed by atoms with Crippen LogP contribution in [0.5, 0.6) is 0 Å². The van der Waals surface area contributed by atoms with Gasteiger partial charge in [-0.2, -0.15) is 0 Å². The smallest absolute Gasteiger partial charge is 0.409 e. The number of hydrogen-bond donors (Lipinski definition) is 1. The molecule has 1 saturated heterocycles. The van der Waals surface area contributed by atoms with E-state index in [1.807, 2.05) is 5.38 Å². The molecule has 0 unspecified atom stereocenters. The highest BCUT2D eigenvalue weighted by atomic mass is 32.1. The van der Waals surface area contributed by atoms with Gasteiger partial charge in [0.15, 0.2) is 5.13 Å². The molecule has 2 rings (SSSR count). The molecule has 7 heteroatoms. The fourth-order valence-electron chi connectivity index (χ4n) is 2.39. The Morgan fingerprint density at radius 2 is 2.32 bits per heavy atom. The molecule has 22 heavy (non-hydrogen) atoms. The summed E-state index contributed by atoms with van der Waals surface area (Å²) in [7, 11) is 0. The summed E-state index contributed by atoms with van der Waals surface area (Å²) in [5.74, 6) is 0.0686. The van der Waals surface area contributed by atoms with Crippen LogP contribution < -0.4 is 5.32 Å². The molecule has 1 fully saturated rings. The van der Waals surface area contributed by atoms with Crippen molar-refractivity contribution >= 4 is 28.5 Å². The van der Waals surface area contributed by atoms with Crippen molar-refractivity contribution in [3.63, 3.8) is 0 Å². The first kappa shape index (κ1) is 16.7. The van der Waals surface area contributed by atoms with Crippen LogP contribution in [0.2, 0.25) is 0 Å². The number of carbonyl (C=O) groups excluding carboxylic acids is 2. The van der Waals surface area contributed by atoms with E-state index >= 15 is 0 Å². The van der Waals surface area contributed by atoms with Crippen LogP contribution in [-0.2, 0) is 9.53 Å². The van der Waals surface area contributed by atoms with Crippen molar-refractivity contribution in [3.8, 4) is 0 Å². The van der Waals surface area contributed by atoms with Gasteiger partial charge in [-0.15, -0.1) is 11.3 Å². The number of thiazole rings is 1. The maximum absolute atomic E-state index is 12.3. The van der Waals surface area contributed by atoms with Gasteiger partial charge in [0.05, 0.1) is 18.2 Å².